The van der Waals surface area contributed by atoms with Gasteiger partial charge in [0.25, 0.3) is 0 Å². The maximum absolute atomic E-state index is 13.5. The van der Waals surface area contributed by atoms with E-state index in [1.807, 2.05) is 36.4 Å². The van der Waals surface area contributed by atoms with Crippen molar-refractivity contribution in [3.05, 3.63) is 154 Å². The van der Waals surface area contributed by atoms with E-state index in [-0.39, 0.29) is 22.6 Å². The largest absolute Gasteiger partial charge is 0.310 e. The van der Waals surface area contributed by atoms with Gasteiger partial charge in [0.15, 0.2) is 11.6 Å². The Morgan fingerprint density at radius 3 is 2.02 bits per heavy atom. The van der Waals surface area contributed by atoms with Gasteiger partial charge < -0.3 is 4.90 Å². The van der Waals surface area contributed by atoms with E-state index in [1.54, 1.807) is 6.08 Å². The number of carbonyl (C=O) groups excluding carboxylic acids is 2. The lowest BCUT2D eigenvalue weighted by atomic mass is 9.71. The zero-order valence-electron chi connectivity index (χ0n) is 26.2. The van der Waals surface area contributed by atoms with Crippen LogP contribution >= 0.6 is 0 Å². The molecule has 1 aliphatic heterocycles. The van der Waals surface area contributed by atoms with Crippen LogP contribution in [0.5, 0.6) is 0 Å². The predicted molar refractivity (Wildman–Crippen MR) is 188 cm³/mol. The number of carbonyl (C=O) groups is 2. The van der Waals surface area contributed by atoms with Gasteiger partial charge in [0.05, 0.1) is 16.9 Å². The Hall–Kier alpha value is -5.28. The number of rotatable bonds is 3. The number of anilines is 3. The highest BCUT2D eigenvalue weighted by atomic mass is 16.2. The highest BCUT2D eigenvalue weighted by molar-refractivity contribution is 6.42. The second kappa shape index (κ2) is 9.61. The van der Waals surface area contributed by atoms with Gasteiger partial charge in [-0.3, -0.25) is 9.59 Å². The van der Waals surface area contributed by atoms with Crippen molar-refractivity contribution in [3.8, 4) is 0 Å². The third kappa shape index (κ3) is 3.91. The topological polar surface area (TPSA) is 37.4 Å². The van der Waals surface area contributed by atoms with Crippen molar-refractivity contribution in [1.29, 1.82) is 0 Å². The Balaban J connectivity index is 1.18. The molecule has 2 aliphatic carbocycles. The number of hydrogen-bond donors (Lipinski definition) is 0. The maximum Gasteiger partial charge on any atom is 0.197 e. The molecule has 6 aromatic rings. The minimum atomic E-state index is -0.245. The third-order valence-corrected chi connectivity index (χ3v) is 10.6. The fourth-order valence-corrected chi connectivity index (χ4v) is 7.96. The van der Waals surface area contributed by atoms with Crippen LogP contribution in [0, 0.1) is 5.92 Å². The van der Waals surface area contributed by atoms with Gasteiger partial charge in [-0.15, -0.1) is 0 Å². The second-order valence-electron chi connectivity index (χ2n) is 13.8. The average Bonchev–Trinajstić information content (AvgIpc) is 3.77. The van der Waals surface area contributed by atoms with Crippen molar-refractivity contribution in [2.24, 2.45) is 5.92 Å². The number of Topliss-reactive ketones (excluding diaryl/α,β-unsaturated/α-hetero) is 2. The molecule has 1 saturated carbocycles. The average molecular weight is 596 g/mol. The van der Waals surface area contributed by atoms with Crippen LogP contribution in [0.15, 0.2) is 121 Å². The molecule has 3 heteroatoms. The van der Waals surface area contributed by atoms with Crippen molar-refractivity contribution in [1.82, 2.24) is 0 Å². The van der Waals surface area contributed by atoms with Crippen LogP contribution in [0.2, 0.25) is 0 Å². The lowest BCUT2D eigenvalue weighted by molar-refractivity contribution is 0.0990. The predicted octanol–water partition coefficient (Wildman–Crippen LogP) is 10.7. The van der Waals surface area contributed by atoms with Gasteiger partial charge in [-0.05, 0) is 111 Å². The van der Waals surface area contributed by atoms with Crippen molar-refractivity contribution < 1.29 is 9.59 Å². The van der Waals surface area contributed by atoms with Crippen molar-refractivity contribution in [2.75, 3.05) is 4.90 Å². The fraction of sp³-hybridized carbons (Fsp3) is 0.163. The molecule has 0 bridgehead atoms. The van der Waals surface area contributed by atoms with Gasteiger partial charge in [-0.25, -0.2) is 0 Å². The summed E-state index contributed by atoms with van der Waals surface area (Å²) in [4.78, 5) is 29.4. The molecule has 3 aliphatic rings. The molecule has 2 atom stereocenters. The van der Waals surface area contributed by atoms with Gasteiger partial charge in [0.2, 0.25) is 0 Å². The van der Waals surface area contributed by atoms with Crippen molar-refractivity contribution in [3.63, 3.8) is 0 Å². The maximum atomic E-state index is 13.5. The van der Waals surface area contributed by atoms with Crippen molar-refractivity contribution >= 4 is 56.2 Å². The molecule has 46 heavy (non-hydrogen) atoms. The summed E-state index contributed by atoms with van der Waals surface area (Å²) in [6, 6.07) is 40.0. The monoisotopic (exact) mass is 595 g/mol. The van der Waals surface area contributed by atoms with Crippen LogP contribution in [0.3, 0.4) is 0 Å². The van der Waals surface area contributed by atoms with Crippen LogP contribution in [0.25, 0.3) is 27.6 Å². The van der Waals surface area contributed by atoms with Crippen LogP contribution in [0.4, 0.5) is 17.1 Å². The van der Waals surface area contributed by atoms with E-state index >= 15 is 0 Å². The summed E-state index contributed by atoms with van der Waals surface area (Å²) >= 11 is 0. The molecule has 222 valence electrons. The van der Waals surface area contributed by atoms with Crippen LogP contribution < -0.4 is 4.90 Å². The van der Waals surface area contributed by atoms with Crippen LogP contribution in [-0.2, 0) is 5.41 Å². The van der Waals surface area contributed by atoms with Gasteiger partial charge in [-0.2, -0.15) is 0 Å². The summed E-state index contributed by atoms with van der Waals surface area (Å²) in [5, 5.41) is 4.20. The van der Waals surface area contributed by atoms with E-state index in [2.05, 4.69) is 105 Å². The molecule has 0 aromatic heterocycles. The molecule has 0 saturated heterocycles. The molecule has 1 fully saturated rings. The van der Waals surface area contributed by atoms with E-state index in [0.29, 0.717) is 17.0 Å². The molecular weight excluding hydrogens is 562 g/mol. The molecular formula is C43H33NO2. The van der Waals surface area contributed by atoms with Crippen LogP contribution in [0.1, 0.15) is 76.1 Å². The normalized spacial score (nSPS) is 19.3. The Labute approximate surface area is 268 Å². The Morgan fingerprint density at radius 1 is 0.696 bits per heavy atom. The molecule has 9 rings (SSSR count). The fourth-order valence-electron chi connectivity index (χ4n) is 7.96. The quantitative estimate of drug-likeness (QED) is 0.151. The van der Waals surface area contributed by atoms with Gasteiger partial charge in [0.1, 0.15) is 0 Å². The van der Waals surface area contributed by atoms with E-state index in [4.69, 9.17) is 0 Å². The SMILES string of the molecule is CC1CC1c1ccc2c(c1)C(C)(C)c1c(ccc3cc(C=C4C(=O)c5cc6ccccc6cc5C4=O)ccc13)N2c1ccccc1. The first-order valence-electron chi connectivity index (χ1n) is 16.2. The Morgan fingerprint density at radius 2 is 1.35 bits per heavy atom. The molecule has 6 aromatic carbocycles. The second-order valence-corrected chi connectivity index (χ2v) is 13.8. The summed E-state index contributed by atoms with van der Waals surface area (Å²) < 4.78 is 0. The number of benzene rings is 6. The standard InChI is InChI=1S/C43H33NO2/c1-25-19-33(25)30-14-17-38-37(24-30)43(2,3)40-32-16-13-26(20-29(32)15-18-39(40)44(38)31-11-5-4-6-12-31)21-36-41(45)34-22-27-9-7-8-10-28(27)23-35(34)42(36)46/h4-18,20-25,33H,19H2,1-3H3. The molecule has 0 radical (unpaired) electrons. The number of ketones is 2. The van der Waals surface area contributed by atoms with E-state index < -0.39 is 0 Å². The molecule has 2 unspecified atom stereocenters. The molecule has 3 nitrogen and oxygen atoms in total. The van der Waals surface area contributed by atoms with Gasteiger partial charge >= 0.3 is 0 Å². The molecule has 0 amide bonds. The number of fused-ring (bicyclic) bond motifs is 6. The first kappa shape index (κ1) is 27.1. The minimum absolute atomic E-state index is 0.201. The van der Waals surface area contributed by atoms with Gasteiger partial charge in [0, 0.05) is 22.2 Å². The number of nitrogens with zero attached hydrogens (tertiary/aromatic N) is 1. The minimum Gasteiger partial charge on any atom is -0.310 e. The highest BCUT2D eigenvalue weighted by Gasteiger charge is 2.41. The molecule has 0 N–H and O–H groups in total. The summed E-state index contributed by atoms with van der Waals surface area (Å²) in [6.45, 7) is 7.04. The first-order chi connectivity index (χ1) is 22.3. The zero-order chi connectivity index (χ0) is 31.3. The Bertz CT molecular complexity index is 2270. The first-order valence-corrected chi connectivity index (χ1v) is 16.2. The summed E-state index contributed by atoms with van der Waals surface area (Å²) in [5.41, 5.74) is 9.42. The third-order valence-electron chi connectivity index (χ3n) is 10.6. The van der Waals surface area contributed by atoms with E-state index in [9.17, 15) is 9.59 Å². The summed E-state index contributed by atoms with van der Waals surface area (Å²) in [5.74, 6) is 0.976. The number of allylic oxidation sites excluding steroid dienone is 1. The summed E-state index contributed by atoms with van der Waals surface area (Å²) in [6.07, 6.45) is 3.03. The van der Waals surface area contributed by atoms with Gasteiger partial charge in [-0.1, -0.05) is 93.6 Å². The highest BCUT2D eigenvalue weighted by Crippen LogP contribution is 2.56. The Kier molecular flexibility index (Phi) is 5.65. The lowest BCUT2D eigenvalue weighted by Gasteiger charge is -2.43. The number of hydrogen-bond acceptors (Lipinski definition) is 3. The smallest absolute Gasteiger partial charge is 0.197 e. The van der Waals surface area contributed by atoms with E-state index in [0.717, 1.165) is 33.3 Å². The lowest BCUT2D eigenvalue weighted by Crippen LogP contribution is -2.31. The zero-order valence-corrected chi connectivity index (χ0v) is 26.2. The van der Waals surface area contributed by atoms with Crippen molar-refractivity contribution in [2.45, 2.75) is 38.5 Å². The van der Waals surface area contributed by atoms with E-state index in [1.165, 1.54) is 39.9 Å². The summed E-state index contributed by atoms with van der Waals surface area (Å²) in [7, 11) is 0. The molecule has 1 heterocycles. The van der Waals surface area contributed by atoms with Crippen LogP contribution in [-0.4, -0.2) is 11.6 Å². The molecule has 0 spiro atoms. The number of para-hydroxylation sites is 1.